The number of nitrogens with one attached hydrogen (secondary N) is 1. The summed E-state index contributed by atoms with van der Waals surface area (Å²) < 4.78 is 1.47. The number of aromatic nitrogens is 2. The van der Waals surface area contributed by atoms with Crippen LogP contribution in [-0.4, -0.2) is 94.1 Å². The number of hydrogen-bond acceptors (Lipinski definition) is 7. The molecule has 2 unspecified atom stereocenters. The SMILES string of the molecule is CC(C)[C@@H](N)CC(=O)N1CCN(C(=O)Nc2ccn(-c3ccc(CC(C)N4C[C@@H]5C(CN)[C@@H]5C4)cc3)c(=O)n2)CC1. The number of carbonyl (C=O) groups is 2. The van der Waals surface area contributed by atoms with Gasteiger partial charge in [0, 0.05) is 64.0 Å². The second-order valence-electron chi connectivity index (χ2n) is 12.3. The topological polar surface area (TPSA) is 143 Å². The Kier molecular flexibility index (Phi) is 8.77. The summed E-state index contributed by atoms with van der Waals surface area (Å²) in [6.45, 7) is 11.1. The van der Waals surface area contributed by atoms with Gasteiger partial charge in [-0.15, -0.1) is 0 Å². The van der Waals surface area contributed by atoms with Crippen LogP contribution in [0.2, 0.25) is 0 Å². The molecular weight excluding hydrogens is 520 g/mol. The summed E-state index contributed by atoms with van der Waals surface area (Å²) >= 11 is 0. The Morgan fingerprint density at radius 3 is 2.22 bits per heavy atom. The first kappa shape index (κ1) is 29.2. The number of carbonyl (C=O) groups excluding carboxylic acids is 2. The van der Waals surface area contributed by atoms with Gasteiger partial charge in [-0.05, 0) is 67.3 Å². The molecule has 0 spiro atoms. The molecule has 5 N–H and O–H groups in total. The standard InChI is InChI=1S/C30H44N8O3/c1-19(2)26(32)15-28(39)35-10-12-36(13-11-35)29(40)33-27-8-9-38(30(41)34-27)22-6-4-21(5-7-22)14-20(3)37-17-24-23(16-31)25(24)18-37/h4-9,19-20,23-26H,10-18,31-32H2,1-3H3,(H,33,34,40,41)/t20?,23?,24-,25+,26-/m0/s1. The lowest BCUT2D eigenvalue weighted by molar-refractivity contribution is -0.133. The van der Waals surface area contributed by atoms with Crippen molar-refractivity contribution in [3.63, 3.8) is 0 Å². The Bertz CT molecular complexity index is 1280. The third-order valence-corrected chi connectivity index (χ3v) is 9.27. The third-order valence-electron chi connectivity index (χ3n) is 9.27. The molecule has 2 aliphatic heterocycles. The summed E-state index contributed by atoms with van der Waals surface area (Å²) in [6, 6.07) is 9.57. The lowest BCUT2D eigenvalue weighted by Gasteiger charge is -2.35. The van der Waals surface area contributed by atoms with Crippen molar-refractivity contribution < 1.29 is 9.59 Å². The van der Waals surface area contributed by atoms with Crippen LogP contribution in [0.5, 0.6) is 0 Å². The van der Waals surface area contributed by atoms with Crippen LogP contribution < -0.4 is 22.5 Å². The summed E-state index contributed by atoms with van der Waals surface area (Å²) in [5.74, 6) is 2.76. The number of benzene rings is 1. The van der Waals surface area contributed by atoms with E-state index in [1.165, 1.54) is 10.1 Å². The molecule has 2 aromatic rings. The van der Waals surface area contributed by atoms with Gasteiger partial charge in [-0.25, -0.2) is 9.59 Å². The Labute approximate surface area is 241 Å². The maximum absolute atomic E-state index is 12.8. The lowest BCUT2D eigenvalue weighted by atomic mass is 10.0. The molecule has 0 bridgehead atoms. The minimum Gasteiger partial charge on any atom is -0.339 e. The Hall–Kier alpha value is -3.28. The molecule has 222 valence electrons. The van der Waals surface area contributed by atoms with Crippen molar-refractivity contribution in [1.29, 1.82) is 0 Å². The van der Waals surface area contributed by atoms with Crippen molar-refractivity contribution in [2.45, 2.75) is 45.7 Å². The zero-order chi connectivity index (χ0) is 29.3. The van der Waals surface area contributed by atoms with Crippen molar-refractivity contribution in [2.75, 3.05) is 51.1 Å². The third kappa shape index (κ3) is 6.63. The number of piperidine rings is 1. The van der Waals surface area contributed by atoms with Gasteiger partial charge in [-0.2, -0.15) is 4.98 Å². The van der Waals surface area contributed by atoms with Crippen LogP contribution in [0.3, 0.4) is 0 Å². The molecule has 11 heteroatoms. The Morgan fingerprint density at radius 2 is 1.63 bits per heavy atom. The summed E-state index contributed by atoms with van der Waals surface area (Å²) in [6.07, 6.45) is 2.89. The molecule has 1 aromatic heterocycles. The average Bonchev–Trinajstić information content (AvgIpc) is 3.43. The van der Waals surface area contributed by atoms with E-state index >= 15 is 0 Å². The molecule has 3 fully saturated rings. The molecule has 1 aliphatic carbocycles. The number of piperazine rings is 1. The van der Waals surface area contributed by atoms with Gasteiger partial charge in [0.2, 0.25) is 5.91 Å². The van der Waals surface area contributed by atoms with Gasteiger partial charge in [0.25, 0.3) is 0 Å². The van der Waals surface area contributed by atoms with Crippen LogP contribution in [0, 0.1) is 23.7 Å². The molecule has 3 heterocycles. The molecule has 0 radical (unpaired) electrons. The maximum Gasteiger partial charge on any atom is 0.354 e. The van der Waals surface area contributed by atoms with E-state index in [2.05, 4.69) is 34.3 Å². The van der Waals surface area contributed by atoms with Crippen LogP contribution in [-0.2, 0) is 11.2 Å². The number of likely N-dealkylation sites (tertiary alicyclic amines) is 1. The highest BCUT2D eigenvalue weighted by molar-refractivity contribution is 5.88. The van der Waals surface area contributed by atoms with Gasteiger partial charge in [-0.3, -0.25) is 19.6 Å². The summed E-state index contributed by atoms with van der Waals surface area (Å²) in [7, 11) is 0. The summed E-state index contributed by atoms with van der Waals surface area (Å²) in [5, 5.41) is 2.72. The first-order valence-corrected chi connectivity index (χ1v) is 14.9. The van der Waals surface area contributed by atoms with Crippen molar-refractivity contribution in [1.82, 2.24) is 24.3 Å². The largest absolute Gasteiger partial charge is 0.354 e. The van der Waals surface area contributed by atoms with Gasteiger partial charge in [-0.1, -0.05) is 26.0 Å². The lowest BCUT2D eigenvalue weighted by Crippen LogP contribution is -2.52. The number of anilines is 1. The minimum atomic E-state index is -0.466. The van der Waals surface area contributed by atoms with Crippen molar-refractivity contribution in [3.05, 3.63) is 52.6 Å². The van der Waals surface area contributed by atoms with Crippen LogP contribution >= 0.6 is 0 Å². The van der Waals surface area contributed by atoms with Gasteiger partial charge < -0.3 is 21.3 Å². The monoisotopic (exact) mass is 564 g/mol. The van der Waals surface area contributed by atoms with E-state index in [1.54, 1.807) is 22.1 Å². The molecule has 3 amide bonds. The second kappa shape index (κ2) is 12.3. The summed E-state index contributed by atoms with van der Waals surface area (Å²) in [4.78, 5) is 48.1. The average molecular weight is 565 g/mol. The minimum absolute atomic E-state index is 0.0167. The van der Waals surface area contributed by atoms with E-state index in [0.717, 1.165) is 49.5 Å². The molecule has 1 aromatic carbocycles. The maximum atomic E-state index is 12.8. The Balaban J connectivity index is 1.10. The van der Waals surface area contributed by atoms with E-state index < -0.39 is 5.69 Å². The number of rotatable bonds is 9. The first-order valence-electron chi connectivity index (χ1n) is 14.9. The van der Waals surface area contributed by atoms with Crippen LogP contribution in [0.4, 0.5) is 10.6 Å². The summed E-state index contributed by atoms with van der Waals surface area (Å²) in [5.41, 5.74) is 13.4. The van der Waals surface area contributed by atoms with Crippen LogP contribution in [0.15, 0.2) is 41.3 Å². The second-order valence-corrected chi connectivity index (χ2v) is 12.3. The number of nitrogens with two attached hydrogens (primary N) is 2. The molecule has 5 atom stereocenters. The van der Waals surface area contributed by atoms with Gasteiger partial charge in [0.15, 0.2) is 0 Å². The van der Waals surface area contributed by atoms with Crippen molar-refractivity contribution in [3.8, 4) is 5.69 Å². The quantitative estimate of drug-likeness (QED) is 0.417. The normalized spacial score (nSPS) is 23.8. The smallest absolute Gasteiger partial charge is 0.339 e. The van der Waals surface area contributed by atoms with Crippen LogP contribution in [0.1, 0.15) is 32.8 Å². The highest BCUT2D eigenvalue weighted by Crippen LogP contribution is 2.51. The fourth-order valence-corrected chi connectivity index (χ4v) is 6.24. The molecule has 5 rings (SSSR count). The predicted octanol–water partition coefficient (Wildman–Crippen LogP) is 1.35. The molecular formula is C30H44N8O3. The molecule has 11 nitrogen and oxygen atoms in total. The number of nitrogens with zero attached hydrogens (tertiary/aromatic N) is 5. The Morgan fingerprint density at radius 1 is 1.00 bits per heavy atom. The molecule has 41 heavy (non-hydrogen) atoms. The van der Waals surface area contributed by atoms with E-state index in [9.17, 15) is 14.4 Å². The first-order chi connectivity index (χ1) is 19.6. The molecule has 2 saturated heterocycles. The van der Waals surface area contributed by atoms with E-state index in [1.807, 2.05) is 26.0 Å². The fraction of sp³-hybridized carbons (Fsp3) is 0.600. The van der Waals surface area contributed by atoms with Crippen molar-refractivity contribution >= 4 is 17.8 Å². The number of urea groups is 1. The highest BCUT2D eigenvalue weighted by Gasteiger charge is 2.55. The van der Waals surface area contributed by atoms with Crippen molar-refractivity contribution in [2.24, 2.45) is 35.1 Å². The van der Waals surface area contributed by atoms with Crippen LogP contribution in [0.25, 0.3) is 5.69 Å². The van der Waals surface area contributed by atoms with E-state index in [4.69, 9.17) is 11.5 Å². The molecule has 1 saturated carbocycles. The van der Waals surface area contributed by atoms with E-state index in [0.29, 0.717) is 38.6 Å². The zero-order valence-electron chi connectivity index (χ0n) is 24.4. The van der Waals surface area contributed by atoms with Gasteiger partial charge in [0.05, 0.1) is 5.69 Å². The number of hydrogen-bond donors (Lipinski definition) is 3. The number of fused-ring (bicyclic) bond motifs is 1. The van der Waals surface area contributed by atoms with Gasteiger partial charge in [0.1, 0.15) is 5.82 Å². The van der Waals surface area contributed by atoms with E-state index in [-0.39, 0.29) is 29.7 Å². The highest BCUT2D eigenvalue weighted by atomic mass is 16.2. The fourth-order valence-electron chi connectivity index (χ4n) is 6.24. The zero-order valence-corrected chi connectivity index (χ0v) is 24.4. The molecule has 3 aliphatic rings. The number of amides is 3. The predicted molar refractivity (Wildman–Crippen MR) is 159 cm³/mol. The van der Waals surface area contributed by atoms with Gasteiger partial charge >= 0.3 is 11.7 Å².